The Morgan fingerprint density at radius 3 is 1.77 bits per heavy atom. The van der Waals surface area contributed by atoms with E-state index in [2.05, 4.69) is 55.8 Å². The van der Waals surface area contributed by atoms with Gasteiger partial charge in [0, 0.05) is 72.9 Å². The highest BCUT2D eigenvalue weighted by Gasteiger charge is 2.14. The van der Waals surface area contributed by atoms with E-state index in [9.17, 15) is 19.2 Å². The maximum Gasteiger partial charge on any atom is 0.406 e. The van der Waals surface area contributed by atoms with Crippen molar-refractivity contribution in [2.45, 2.75) is 12.8 Å². The number of carboxylic acids is 1. The van der Waals surface area contributed by atoms with E-state index in [1.54, 1.807) is 41.8 Å². The van der Waals surface area contributed by atoms with E-state index in [4.69, 9.17) is 5.11 Å². The van der Waals surface area contributed by atoms with Crippen LogP contribution in [0.2, 0.25) is 0 Å². The normalized spacial score (nSPS) is 10.6. The largest absolute Gasteiger partial charge is 0.478 e. The van der Waals surface area contributed by atoms with Crippen LogP contribution in [0, 0.1) is 0 Å². The van der Waals surface area contributed by atoms with Crippen molar-refractivity contribution in [3.05, 3.63) is 121 Å². The number of anilines is 2. The number of fused-ring (bicyclic) bond motifs is 2. The molecule has 0 aliphatic carbocycles. The molecule has 0 saturated heterocycles. The third-order valence-electron chi connectivity index (χ3n) is 7.81. The summed E-state index contributed by atoms with van der Waals surface area (Å²) in [7, 11) is 2.67. The Morgan fingerprint density at radius 1 is 0.702 bits per heavy atom. The first-order valence-corrected chi connectivity index (χ1v) is 17.7. The fraction of sp³-hybridized carbons (Fsp3) is 0.200. The summed E-state index contributed by atoms with van der Waals surface area (Å²) in [6, 6.07) is 23.0. The van der Waals surface area contributed by atoms with Gasteiger partial charge in [-0.25, -0.2) is 14.4 Å². The average Bonchev–Trinajstić information content (AvgIpc) is 3.87. The van der Waals surface area contributed by atoms with Crippen molar-refractivity contribution in [2.75, 3.05) is 50.6 Å². The molecule has 2 aromatic carbocycles. The van der Waals surface area contributed by atoms with Gasteiger partial charge in [0.15, 0.2) is 0 Å². The molecule has 4 heterocycles. The second-order valence-corrected chi connectivity index (χ2v) is 11.7. The van der Waals surface area contributed by atoms with E-state index in [-0.39, 0.29) is 12.0 Å². The maximum absolute atomic E-state index is 12.8. The number of methoxy groups -OCH3 is 2. The fourth-order valence-electron chi connectivity index (χ4n) is 5.03. The lowest BCUT2D eigenvalue weighted by molar-refractivity contribution is -0.131. The molecule has 0 bridgehead atoms. The number of hydrogen-bond donors (Lipinski definition) is 6. The number of alkyl carbamates (subject to hydrolysis) is 2. The number of H-pyrrole nitrogens is 2. The summed E-state index contributed by atoms with van der Waals surface area (Å²) in [5, 5.41) is 32.5. The van der Waals surface area contributed by atoms with Crippen molar-refractivity contribution in [3.8, 4) is 0 Å². The Balaban J connectivity index is 0.000000209. The number of carbonyl (C=O) groups excluding carboxylic acids is 3. The van der Waals surface area contributed by atoms with Crippen LogP contribution >= 0.6 is 0 Å². The van der Waals surface area contributed by atoms with Gasteiger partial charge in [-0.2, -0.15) is 10.2 Å². The van der Waals surface area contributed by atoms with Crippen LogP contribution in [-0.2, 0) is 19.1 Å². The fourth-order valence-corrected chi connectivity index (χ4v) is 5.03. The molecule has 296 valence electrons. The molecule has 0 aliphatic heterocycles. The van der Waals surface area contributed by atoms with Crippen LogP contribution in [0.4, 0.5) is 21.0 Å². The smallest absolute Gasteiger partial charge is 0.406 e. The SMILES string of the molecule is COC(=O)NCCCN(C(=O)/C=C/c1n[nH]c2cnccc12)c1ccccc1.COC(=O)NCCCNc1ccccc1.O=C(O)/C=C/c1n[nH]c2cnccc12. The topological polar surface area (TPSA) is 229 Å². The summed E-state index contributed by atoms with van der Waals surface area (Å²) < 4.78 is 8.99. The summed E-state index contributed by atoms with van der Waals surface area (Å²) in [6.45, 7) is 2.30. The number of aromatic amines is 2. The Labute approximate surface area is 328 Å². The Kier molecular flexibility index (Phi) is 17.2. The van der Waals surface area contributed by atoms with Crippen molar-refractivity contribution < 1.29 is 33.8 Å². The summed E-state index contributed by atoms with van der Waals surface area (Å²) in [5.41, 5.74) is 4.75. The number of nitrogens with zero attached hydrogens (tertiary/aromatic N) is 5. The molecule has 6 aromatic rings. The maximum atomic E-state index is 12.8. The highest BCUT2D eigenvalue weighted by atomic mass is 16.5. The van der Waals surface area contributed by atoms with Crippen LogP contribution in [0.5, 0.6) is 0 Å². The first kappa shape index (κ1) is 42.2. The zero-order valence-corrected chi connectivity index (χ0v) is 31.4. The number of aliphatic carboxylic acids is 1. The van der Waals surface area contributed by atoms with Gasteiger partial charge in [-0.1, -0.05) is 36.4 Å². The average molecular weight is 777 g/mol. The quantitative estimate of drug-likeness (QED) is 0.0583. The molecule has 6 rings (SSSR count). The minimum atomic E-state index is -0.991. The molecule has 4 aromatic heterocycles. The van der Waals surface area contributed by atoms with Crippen LogP contribution in [0.1, 0.15) is 24.2 Å². The van der Waals surface area contributed by atoms with Crippen molar-refractivity contribution in [1.82, 2.24) is 41.0 Å². The number of rotatable bonds is 14. The predicted molar refractivity (Wildman–Crippen MR) is 217 cm³/mol. The van der Waals surface area contributed by atoms with Gasteiger partial charge in [0.05, 0.1) is 49.0 Å². The Hall–Kier alpha value is -7.56. The zero-order valence-electron chi connectivity index (χ0n) is 31.4. The monoisotopic (exact) mass is 776 g/mol. The van der Waals surface area contributed by atoms with E-state index in [0.717, 1.165) is 52.2 Å². The summed E-state index contributed by atoms with van der Waals surface area (Å²) >= 11 is 0. The predicted octanol–water partition coefficient (Wildman–Crippen LogP) is 5.65. The van der Waals surface area contributed by atoms with Crippen LogP contribution in [0.3, 0.4) is 0 Å². The third kappa shape index (κ3) is 14.3. The molecule has 0 fully saturated rings. The molecule has 17 nitrogen and oxygen atoms in total. The molecule has 6 N–H and O–H groups in total. The van der Waals surface area contributed by atoms with Gasteiger partial charge in [0.25, 0.3) is 5.91 Å². The van der Waals surface area contributed by atoms with E-state index in [0.29, 0.717) is 37.4 Å². The first-order chi connectivity index (χ1) is 27.8. The van der Waals surface area contributed by atoms with Gasteiger partial charge >= 0.3 is 18.2 Å². The van der Waals surface area contributed by atoms with Crippen LogP contribution in [-0.4, -0.2) is 99.9 Å². The van der Waals surface area contributed by atoms with Crippen molar-refractivity contribution in [3.63, 3.8) is 0 Å². The first-order valence-electron chi connectivity index (χ1n) is 17.7. The summed E-state index contributed by atoms with van der Waals surface area (Å²) in [4.78, 5) is 54.6. The molecule has 17 heteroatoms. The third-order valence-corrected chi connectivity index (χ3v) is 7.81. The molecule has 3 amide bonds. The van der Waals surface area contributed by atoms with Gasteiger partial charge in [-0.15, -0.1) is 0 Å². The van der Waals surface area contributed by atoms with Gasteiger partial charge in [0.1, 0.15) is 0 Å². The number of para-hydroxylation sites is 2. The Bertz CT molecular complexity index is 2220. The molecule has 0 saturated carbocycles. The Morgan fingerprint density at radius 2 is 1.23 bits per heavy atom. The van der Waals surface area contributed by atoms with Crippen molar-refractivity contribution in [1.29, 1.82) is 0 Å². The number of benzene rings is 2. The second kappa shape index (κ2) is 23.3. The zero-order chi connectivity index (χ0) is 40.7. The van der Waals surface area contributed by atoms with Crippen LogP contribution < -0.4 is 20.9 Å². The number of carbonyl (C=O) groups is 4. The lowest BCUT2D eigenvalue weighted by atomic mass is 10.2. The van der Waals surface area contributed by atoms with Crippen molar-refractivity contribution in [2.24, 2.45) is 0 Å². The van der Waals surface area contributed by atoms with Gasteiger partial charge in [-0.3, -0.25) is 25.0 Å². The minimum absolute atomic E-state index is 0.172. The highest BCUT2D eigenvalue weighted by Crippen LogP contribution is 2.18. The lowest BCUT2D eigenvalue weighted by Gasteiger charge is -2.21. The molecule has 0 spiro atoms. The number of aromatic nitrogens is 6. The van der Waals surface area contributed by atoms with E-state index in [1.807, 2.05) is 66.7 Å². The number of nitrogens with one attached hydrogen (secondary N) is 5. The number of ether oxygens (including phenoxy) is 2. The number of carboxylic acid groups (broad SMARTS) is 1. The minimum Gasteiger partial charge on any atom is -0.478 e. The molecular weight excluding hydrogens is 733 g/mol. The van der Waals surface area contributed by atoms with Crippen LogP contribution in [0.15, 0.2) is 110 Å². The van der Waals surface area contributed by atoms with Gasteiger partial charge in [-0.05, 0) is 61.4 Å². The summed E-state index contributed by atoms with van der Waals surface area (Å²) in [5.74, 6) is -1.16. The van der Waals surface area contributed by atoms with E-state index >= 15 is 0 Å². The highest BCUT2D eigenvalue weighted by molar-refractivity contribution is 6.04. The molecule has 0 aliphatic rings. The number of hydrogen-bond acceptors (Lipinski definition) is 11. The standard InChI is InChI=1S/C20H21N5O3.C11H16N2O2.C9H7N3O2/c1-28-20(27)22-11-5-13-25(15-6-3-2-4-7-15)19(26)9-8-17-16-10-12-21-14-18(16)24-23-17;1-15-11(14)13-9-5-8-12-10-6-3-2-4-7-10;13-9(14)2-1-7-6-3-4-10-5-8(6)12-11-7/h2-4,6-10,12,14H,5,11,13H2,1H3,(H,22,27)(H,23,24);2-4,6-7,12H,5,8-9H2,1H3,(H,13,14);1-5H,(H,11,12)(H,13,14)/b9-8+;;2-1+. The second-order valence-electron chi connectivity index (χ2n) is 11.7. The molecule has 0 radical (unpaired) electrons. The number of pyridine rings is 2. The lowest BCUT2D eigenvalue weighted by Crippen LogP contribution is -2.33. The molecule has 0 unspecified atom stereocenters. The molecular formula is C40H44N10O7. The van der Waals surface area contributed by atoms with Gasteiger partial charge in [0.2, 0.25) is 0 Å². The van der Waals surface area contributed by atoms with E-state index in [1.165, 1.54) is 26.4 Å². The van der Waals surface area contributed by atoms with Crippen molar-refractivity contribution >= 4 is 69.4 Å². The molecule has 0 atom stereocenters. The van der Waals surface area contributed by atoms with Gasteiger partial charge < -0.3 is 35.4 Å². The number of amides is 3. The van der Waals surface area contributed by atoms with E-state index < -0.39 is 12.1 Å². The summed E-state index contributed by atoms with van der Waals surface area (Å²) in [6.07, 6.45) is 12.9. The molecule has 57 heavy (non-hydrogen) atoms. The van der Waals surface area contributed by atoms with Crippen LogP contribution in [0.25, 0.3) is 34.0 Å².